The van der Waals surface area contributed by atoms with Crippen LogP contribution in [0.4, 0.5) is 0 Å². The molecular formula is C67H74O13. The van der Waals surface area contributed by atoms with E-state index in [2.05, 4.69) is 0 Å². The minimum absolute atomic E-state index is 0.140. The van der Waals surface area contributed by atoms with Crippen molar-refractivity contribution in [3.8, 4) is 0 Å². The van der Waals surface area contributed by atoms with E-state index >= 15 is 0 Å². The van der Waals surface area contributed by atoms with Crippen LogP contribution in [0.15, 0.2) is 212 Å². The third kappa shape index (κ3) is 15.5. The van der Waals surface area contributed by atoms with E-state index in [1.165, 1.54) is 0 Å². The maximum Gasteiger partial charge on any atom is 0.187 e. The molecule has 15 atom stereocenters. The third-order valence-electron chi connectivity index (χ3n) is 14.8. The molecule has 3 aliphatic rings. The number of ether oxygens (including phenoxy) is 12. The summed E-state index contributed by atoms with van der Waals surface area (Å²) in [6, 6.07) is 69.5. The zero-order chi connectivity index (χ0) is 54.9. The molecule has 0 aromatic heterocycles. The lowest BCUT2D eigenvalue weighted by molar-refractivity contribution is -0.389. The number of aliphatic hydroxyl groups is 1. The summed E-state index contributed by atoms with van der Waals surface area (Å²) >= 11 is 0. The maximum absolute atomic E-state index is 12.9. The minimum Gasteiger partial charge on any atom is -0.385 e. The normalized spacial score (nSPS) is 28.8. The van der Waals surface area contributed by atoms with Gasteiger partial charge in [-0.2, -0.15) is 0 Å². The van der Waals surface area contributed by atoms with Crippen LogP contribution in [0.5, 0.6) is 0 Å². The van der Waals surface area contributed by atoms with E-state index in [1.54, 1.807) is 0 Å². The van der Waals surface area contributed by atoms with E-state index in [0.717, 1.165) is 38.9 Å². The molecule has 3 aliphatic heterocycles. The largest absolute Gasteiger partial charge is 0.385 e. The lowest BCUT2D eigenvalue weighted by Crippen LogP contribution is -2.66. The lowest BCUT2D eigenvalue weighted by atomic mass is 9.96. The molecule has 0 bridgehead atoms. The number of aliphatic hydroxyl groups excluding tert-OH is 1. The van der Waals surface area contributed by atoms with Gasteiger partial charge in [0.25, 0.3) is 0 Å². The predicted molar refractivity (Wildman–Crippen MR) is 300 cm³/mol. The smallest absolute Gasteiger partial charge is 0.187 e. The van der Waals surface area contributed by atoms with Gasteiger partial charge in [0.05, 0.1) is 64.6 Å². The monoisotopic (exact) mass is 1090 g/mol. The quantitative estimate of drug-likeness (QED) is 0.0583. The van der Waals surface area contributed by atoms with Gasteiger partial charge < -0.3 is 61.9 Å². The summed E-state index contributed by atoms with van der Waals surface area (Å²) in [7, 11) is 0. The van der Waals surface area contributed by atoms with Gasteiger partial charge in [-0.25, -0.2) is 0 Å². The lowest BCUT2D eigenvalue weighted by Gasteiger charge is -2.50. The van der Waals surface area contributed by atoms with Crippen LogP contribution in [0.25, 0.3) is 0 Å². The van der Waals surface area contributed by atoms with Crippen molar-refractivity contribution < 1.29 is 61.9 Å². The fourth-order valence-electron chi connectivity index (χ4n) is 10.5. The van der Waals surface area contributed by atoms with Crippen LogP contribution in [-0.4, -0.2) is 97.2 Å². The molecule has 13 heteroatoms. The molecule has 0 saturated carbocycles. The van der Waals surface area contributed by atoms with Crippen molar-refractivity contribution in [2.24, 2.45) is 0 Å². The first-order valence-electron chi connectivity index (χ1n) is 27.9. The fraction of sp³-hybridized carbons (Fsp3) is 0.373. The molecule has 0 aliphatic carbocycles. The van der Waals surface area contributed by atoms with Gasteiger partial charge in [0.15, 0.2) is 18.9 Å². The Morgan fingerprint density at radius 2 is 0.512 bits per heavy atom. The Labute approximate surface area is 470 Å². The maximum atomic E-state index is 12.9. The van der Waals surface area contributed by atoms with Gasteiger partial charge in [0.2, 0.25) is 0 Å². The van der Waals surface area contributed by atoms with Gasteiger partial charge in [-0.3, -0.25) is 0 Å². The SMILES string of the molecule is C[C@@H]1O[C@H](OCc2ccccc2)[C@H](O[C@H]2O[C@@H](C)[C@@H](O[C@H]3O[C@H](C)[C@@H](OCc4ccccc4)[C@@H](OCc4ccccc4)[C@H]3OCc3ccccc3)[C@@H](OCc3ccccc3)[C@H]2O)[C@@H](OCc2ccccc2)[C@H]1OCc1ccccc1. The van der Waals surface area contributed by atoms with Gasteiger partial charge >= 0.3 is 0 Å². The van der Waals surface area contributed by atoms with E-state index in [0.29, 0.717) is 6.61 Å². The molecular weight excluding hydrogens is 1010 g/mol. The Hall–Kier alpha value is -5.98. The molecule has 3 fully saturated rings. The third-order valence-corrected chi connectivity index (χ3v) is 14.8. The first kappa shape index (κ1) is 57.3. The summed E-state index contributed by atoms with van der Waals surface area (Å²) in [6.45, 7) is 7.48. The standard InChI is InChI=1S/C67H74O13/c1-46-58(70-40-50-27-13-5-14-28-50)62(73-43-53-33-19-8-20-34-53)64(66(77-46)75-45-55-37-23-10-24-38-55)80-65-56(68)60(71-41-51-29-15-6-16-30-51)59(48(3)76-65)79-67-63(74-44-54-35-21-9-22-36-54)61(72-42-52-31-17-7-18-32-52)57(47(2)78-67)69-39-49-25-11-4-12-26-49/h4-38,46-48,56-68H,39-45H2,1-3H3/t46-,47+,48-,56+,57+,58-,59+,60-,61+,62-,63+,64+,65+,66-,67+/m0/s1. The second-order valence-corrected chi connectivity index (χ2v) is 20.7. The Morgan fingerprint density at radius 1 is 0.263 bits per heavy atom. The van der Waals surface area contributed by atoms with Crippen molar-refractivity contribution in [1.82, 2.24) is 0 Å². The topological polar surface area (TPSA) is 131 Å². The van der Waals surface area contributed by atoms with Crippen LogP contribution >= 0.6 is 0 Å². The molecule has 7 aromatic carbocycles. The first-order chi connectivity index (χ1) is 39.3. The van der Waals surface area contributed by atoms with E-state index in [4.69, 9.17) is 56.8 Å². The molecule has 7 aromatic rings. The fourth-order valence-corrected chi connectivity index (χ4v) is 10.5. The molecule has 0 radical (unpaired) electrons. The molecule has 3 heterocycles. The van der Waals surface area contributed by atoms with Crippen molar-refractivity contribution in [3.63, 3.8) is 0 Å². The highest BCUT2D eigenvalue weighted by Gasteiger charge is 2.55. The molecule has 3 saturated heterocycles. The number of benzene rings is 7. The summed E-state index contributed by atoms with van der Waals surface area (Å²) in [5, 5.41) is 12.9. The summed E-state index contributed by atoms with van der Waals surface area (Å²) in [4.78, 5) is 0. The highest BCUT2D eigenvalue weighted by molar-refractivity contribution is 5.19. The van der Waals surface area contributed by atoms with Gasteiger partial charge in [-0.05, 0) is 59.7 Å². The number of hydrogen-bond acceptors (Lipinski definition) is 13. The van der Waals surface area contributed by atoms with Crippen LogP contribution in [0.3, 0.4) is 0 Å². The zero-order valence-corrected chi connectivity index (χ0v) is 45.7. The highest BCUT2D eigenvalue weighted by Crippen LogP contribution is 2.38. The molecule has 1 N–H and O–H groups in total. The molecule has 10 rings (SSSR count). The Morgan fingerprint density at radius 3 is 0.875 bits per heavy atom. The van der Waals surface area contributed by atoms with Crippen LogP contribution in [0, 0.1) is 0 Å². The average Bonchev–Trinajstić information content (AvgIpc) is 3.69. The number of hydrogen-bond donors (Lipinski definition) is 1. The van der Waals surface area contributed by atoms with E-state index in [1.807, 2.05) is 233 Å². The summed E-state index contributed by atoms with van der Waals surface area (Å²) in [5.41, 5.74) is 6.72. The minimum atomic E-state index is -1.44. The van der Waals surface area contributed by atoms with Crippen molar-refractivity contribution >= 4 is 0 Å². The first-order valence-corrected chi connectivity index (χ1v) is 27.9. The molecule has 0 spiro atoms. The Balaban J connectivity index is 0.966. The van der Waals surface area contributed by atoms with Gasteiger partial charge in [-0.1, -0.05) is 212 Å². The van der Waals surface area contributed by atoms with Crippen LogP contribution in [0.1, 0.15) is 59.7 Å². The summed E-state index contributed by atoms with van der Waals surface area (Å²) in [5.74, 6) is 0. The second kappa shape index (κ2) is 29.1. The number of rotatable bonds is 25. The highest BCUT2D eigenvalue weighted by atomic mass is 16.8. The van der Waals surface area contributed by atoms with E-state index in [9.17, 15) is 5.11 Å². The second-order valence-electron chi connectivity index (χ2n) is 20.7. The summed E-state index contributed by atoms with van der Waals surface area (Å²) in [6.07, 6.45) is -13.1. The van der Waals surface area contributed by atoms with Crippen molar-refractivity contribution in [1.29, 1.82) is 0 Å². The Kier molecular flexibility index (Phi) is 20.9. The van der Waals surface area contributed by atoms with Crippen molar-refractivity contribution in [2.75, 3.05) is 0 Å². The van der Waals surface area contributed by atoms with Crippen LogP contribution < -0.4 is 0 Å². The van der Waals surface area contributed by atoms with Gasteiger partial charge in [0, 0.05) is 0 Å². The van der Waals surface area contributed by atoms with Crippen LogP contribution in [-0.2, 0) is 103 Å². The predicted octanol–water partition coefficient (Wildman–Crippen LogP) is 11.1. The van der Waals surface area contributed by atoms with Gasteiger partial charge in [-0.15, -0.1) is 0 Å². The zero-order valence-electron chi connectivity index (χ0n) is 45.7. The molecule has 13 nitrogen and oxygen atoms in total. The van der Waals surface area contributed by atoms with Crippen molar-refractivity contribution in [3.05, 3.63) is 251 Å². The summed E-state index contributed by atoms with van der Waals surface area (Å²) < 4.78 is 82.6. The molecule has 420 valence electrons. The van der Waals surface area contributed by atoms with Crippen molar-refractivity contribution in [2.45, 2.75) is 159 Å². The average molecular weight is 1090 g/mol. The van der Waals surface area contributed by atoms with Crippen LogP contribution in [0.2, 0.25) is 0 Å². The molecule has 0 amide bonds. The Bertz CT molecular complexity index is 2820. The van der Waals surface area contributed by atoms with E-state index < -0.39 is 92.1 Å². The molecule has 0 unspecified atom stereocenters. The van der Waals surface area contributed by atoms with E-state index in [-0.39, 0.29) is 39.6 Å². The molecule has 80 heavy (non-hydrogen) atoms. The van der Waals surface area contributed by atoms with Gasteiger partial charge in [0.1, 0.15) is 54.9 Å².